The molecule has 1 aromatic carbocycles. The minimum Gasteiger partial charge on any atom is -0.0805 e. The van der Waals surface area contributed by atoms with E-state index in [1.165, 1.54) is 22.3 Å². The van der Waals surface area contributed by atoms with Crippen LogP contribution in [0.5, 0.6) is 0 Å². The largest absolute Gasteiger partial charge is 0.0805 e. The summed E-state index contributed by atoms with van der Waals surface area (Å²) < 4.78 is 0. The van der Waals surface area contributed by atoms with Gasteiger partial charge in [0.1, 0.15) is 0 Å². The Morgan fingerprint density at radius 3 is 2.42 bits per heavy atom. The van der Waals surface area contributed by atoms with Crippen molar-refractivity contribution in [2.45, 2.75) is 33.6 Å². The highest BCUT2D eigenvalue weighted by atomic mass is 14.4. The van der Waals surface area contributed by atoms with Crippen molar-refractivity contribution in [3.05, 3.63) is 65.1 Å². The first-order valence-corrected chi connectivity index (χ1v) is 7.27. The maximum atomic E-state index is 3.81. The van der Waals surface area contributed by atoms with E-state index >= 15 is 0 Å². The molecule has 2 aliphatic rings. The Morgan fingerprint density at radius 2 is 1.68 bits per heavy atom. The van der Waals surface area contributed by atoms with Crippen molar-refractivity contribution in [2.24, 2.45) is 17.8 Å². The smallest absolute Gasteiger partial charge is 0.000879 e. The maximum Gasteiger partial charge on any atom is -0.000879 e. The zero-order valence-electron chi connectivity index (χ0n) is 12.3. The number of aryl methyl sites for hydroxylation is 1. The van der Waals surface area contributed by atoms with Crippen LogP contribution in [0.3, 0.4) is 0 Å². The molecule has 2 aliphatic carbocycles. The molecule has 1 fully saturated rings. The number of hydrogen-bond donors (Lipinski definition) is 0. The quantitative estimate of drug-likeness (QED) is 0.672. The summed E-state index contributed by atoms with van der Waals surface area (Å²) in [5.74, 6) is 2.26. The lowest BCUT2D eigenvalue weighted by Crippen LogP contribution is -2.13. The Hall–Kier alpha value is -1.30. The van der Waals surface area contributed by atoms with E-state index in [0.29, 0.717) is 23.7 Å². The van der Waals surface area contributed by atoms with Crippen LogP contribution in [0.15, 0.2) is 36.4 Å². The van der Waals surface area contributed by atoms with Crippen molar-refractivity contribution in [1.82, 2.24) is 0 Å². The highest BCUT2D eigenvalue weighted by Crippen LogP contribution is 2.49. The molecule has 0 aliphatic heterocycles. The van der Waals surface area contributed by atoms with Gasteiger partial charge in [-0.05, 0) is 73.1 Å². The molecule has 98 valence electrons. The lowest BCUT2D eigenvalue weighted by atomic mass is 9.82. The molecule has 1 aromatic rings. The number of benzene rings is 1. The van der Waals surface area contributed by atoms with Crippen LogP contribution in [0.1, 0.15) is 35.1 Å². The second-order valence-electron chi connectivity index (χ2n) is 6.10. The molecular formula is C19H22. The van der Waals surface area contributed by atoms with E-state index in [0.717, 1.165) is 0 Å². The molecule has 4 atom stereocenters. The van der Waals surface area contributed by atoms with E-state index < -0.39 is 0 Å². The minimum absolute atomic E-state index is 0.474. The molecule has 1 saturated carbocycles. The fraction of sp³-hybridized carbons (Fsp3) is 0.421. The molecule has 0 amide bonds. The molecule has 0 N–H and O–H groups in total. The summed E-state index contributed by atoms with van der Waals surface area (Å²) in [7, 11) is 0. The zero-order valence-corrected chi connectivity index (χ0v) is 12.3. The molecule has 0 nitrogen and oxygen atoms in total. The Bertz CT molecular complexity index is 547. The van der Waals surface area contributed by atoms with Crippen molar-refractivity contribution in [3.63, 3.8) is 0 Å². The van der Waals surface area contributed by atoms with Crippen LogP contribution in [0, 0.1) is 44.9 Å². The van der Waals surface area contributed by atoms with Gasteiger partial charge in [0.05, 0.1) is 0 Å². The van der Waals surface area contributed by atoms with E-state index in [1.54, 1.807) is 0 Å². The highest BCUT2D eigenvalue weighted by Gasteiger charge is 2.40. The third-order valence-corrected chi connectivity index (χ3v) is 5.12. The standard InChI is InChI=1S/C19H22/c1-12-9-10-18(14(3)13(12)2)19-11-16-7-5-6-8-17(16)15(19)4/h5-10,15-17,19H,1-4H3. The monoisotopic (exact) mass is 250 g/mol. The normalized spacial score (nSPS) is 32.6. The third kappa shape index (κ3) is 1.98. The predicted octanol–water partition coefficient (Wildman–Crippen LogP) is 4.78. The van der Waals surface area contributed by atoms with Gasteiger partial charge in [0.2, 0.25) is 0 Å². The number of hydrogen-bond acceptors (Lipinski definition) is 0. The van der Waals surface area contributed by atoms with E-state index in [2.05, 4.69) is 70.6 Å². The van der Waals surface area contributed by atoms with E-state index in [4.69, 9.17) is 0 Å². The minimum atomic E-state index is 0.474. The molecule has 2 radical (unpaired) electrons. The summed E-state index contributed by atoms with van der Waals surface area (Å²) in [5, 5.41) is 0. The SMILES string of the molecule is Cc1ccc(C2[C]C3C=CC=CC3C2C)c(C)c1C. The lowest BCUT2D eigenvalue weighted by molar-refractivity contribution is 0.430. The Kier molecular flexibility index (Phi) is 3.12. The molecule has 0 bridgehead atoms. The van der Waals surface area contributed by atoms with Crippen LogP contribution < -0.4 is 0 Å². The van der Waals surface area contributed by atoms with Gasteiger partial charge in [-0.1, -0.05) is 43.4 Å². The predicted molar refractivity (Wildman–Crippen MR) is 81.1 cm³/mol. The van der Waals surface area contributed by atoms with Crippen molar-refractivity contribution in [1.29, 1.82) is 0 Å². The van der Waals surface area contributed by atoms with Crippen LogP contribution in [-0.4, -0.2) is 0 Å². The van der Waals surface area contributed by atoms with Gasteiger partial charge in [0, 0.05) is 0 Å². The van der Waals surface area contributed by atoms with Crippen LogP contribution in [0.2, 0.25) is 0 Å². The lowest BCUT2D eigenvalue weighted by Gasteiger charge is -2.23. The van der Waals surface area contributed by atoms with Gasteiger partial charge >= 0.3 is 0 Å². The van der Waals surface area contributed by atoms with Crippen molar-refractivity contribution >= 4 is 0 Å². The zero-order chi connectivity index (χ0) is 13.6. The van der Waals surface area contributed by atoms with Gasteiger partial charge in [-0.15, -0.1) is 0 Å². The summed E-state index contributed by atoms with van der Waals surface area (Å²) in [5.41, 5.74) is 5.76. The Labute approximate surface area is 117 Å². The third-order valence-electron chi connectivity index (χ3n) is 5.12. The number of rotatable bonds is 1. The molecule has 19 heavy (non-hydrogen) atoms. The van der Waals surface area contributed by atoms with Gasteiger partial charge in [0.25, 0.3) is 0 Å². The topological polar surface area (TPSA) is 0 Å². The fourth-order valence-electron chi connectivity index (χ4n) is 3.56. The first-order valence-electron chi connectivity index (χ1n) is 7.27. The maximum absolute atomic E-state index is 3.81. The van der Waals surface area contributed by atoms with E-state index in [9.17, 15) is 0 Å². The molecule has 4 unspecified atom stereocenters. The van der Waals surface area contributed by atoms with E-state index in [1.807, 2.05) is 0 Å². The van der Waals surface area contributed by atoms with Gasteiger partial charge < -0.3 is 0 Å². The second kappa shape index (κ2) is 4.67. The highest BCUT2D eigenvalue weighted by molar-refractivity contribution is 5.43. The van der Waals surface area contributed by atoms with Crippen LogP contribution >= 0.6 is 0 Å². The summed E-state index contributed by atoms with van der Waals surface area (Å²) in [6, 6.07) is 4.58. The van der Waals surface area contributed by atoms with Gasteiger partial charge in [-0.25, -0.2) is 0 Å². The van der Waals surface area contributed by atoms with Gasteiger partial charge in [-0.3, -0.25) is 0 Å². The van der Waals surface area contributed by atoms with Crippen molar-refractivity contribution in [3.8, 4) is 0 Å². The second-order valence-corrected chi connectivity index (χ2v) is 6.10. The van der Waals surface area contributed by atoms with Crippen molar-refractivity contribution in [2.75, 3.05) is 0 Å². The number of allylic oxidation sites excluding steroid dienone is 4. The molecule has 0 heterocycles. The molecule has 0 aromatic heterocycles. The summed E-state index contributed by atoms with van der Waals surface area (Å²) in [4.78, 5) is 0. The fourth-order valence-corrected chi connectivity index (χ4v) is 3.56. The first-order chi connectivity index (χ1) is 9.09. The van der Waals surface area contributed by atoms with Gasteiger partial charge in [-0.2, -0.15) is 0 Å². The Balaban J connectivity index is 1.98. The molecule has 0 saturated heterocycles. The van der Waals surface area contributed by atoms with Crippen molar-refractivity contribution < 1.29 is 0 Å². The average molecular weight is 250 g/mol. The number of fused-ring (bicyclic) bond motifs is 1. The summed E-state index contributed by atoms with van der Waals surface area (Å²) in [6.07, 6.45) is 12.8. The average Bonchev–Trinajstić information content (AvgIpc) is 2.74. The molecular weight excluding hydrogens is 228 g/mol. The first kappa shape index (κ1) is 12.7. The summed E-state index contributed by atoms with van der Waals surface area (Å²) in [6.45, 7) is 9.07. The Morgan fingerprint density at radius 1 is 0.947 bits per heavy atom. The molecule has 0 spiro atoms. The van der Waals surface area contributed by atoms with Crippen LogP contribution in [-0.2, 0) is 0 Å². The summed E-state index contributed by atoms with van der Waals surface area (Å²) >= 11 is 0. The van der Waals surface area contributed by atoms with Crippen LogP contribution in [0.25, 0.3) is 0 Å². The van der Waals surface area contributed by atoms with E-state index in [-0.39, 0.29) is 0 Å². The molecule has 0 heteroatoms. The van der Waals surface area contributed by atoms with Gasteiger partial charge in [0.15, 0.2) is 0 Å². The van der Waals surface area contributed by atoms with Crippen LogP contribution in [0.4, 0.5) is 0 Å². The molecule has 3 rings (SSSR count).